The molecule has 0 unspecified atom stereocenters. The van der Waals surface area contributed by atoms with E-state index < -0.39 is 0 Å². The number of nitrogens with zero attached hydrogens (tertiary/aromatic N) is 1. The van der Waals surface area contributed by atoms with Gasteiger partial charge in [-0.25, -0.2) is 0 Å². The third kappa shape index (κ3) is 6.92. The van der Waals surface area contributed by atoms with E-state index in [1.807, 2.05) is 12.1 Å². The lowest BCUT2D eigenvalue weighted by Crippen LogP contribution is -2.28. The molecule has 0 spiro atoms. The first kappa shape index (κ1) is 24.7. The van der Waals surface area contributed by atoms with Crippen molar-refractivity contribution in [3.63, 3.8) is 0 Å². The van der Waals surface area contributed by atoms with E-state index in [2.05, 4.69) is 56.1 Å². The van der Waals surface area contributed by atoms with Crippen molar-refractivity contribution in [2.24, 2.45) is 0 Å². The third-order valence-electron chi connectivity index (χ3n) is 4.26. The fraction of sp³-hybridized carbons (Fsp3) is 0.476. The van der Waals surface area contributed by atoms with Crippen LogP contribution >= 0.6 is 36.0 Å². The number of hydrogen-bond donors (Lipinski definition) is 1. The van der Waals surface area contributed by atoms with Crippen molar-refractivity contribution in [1.29, 1.82) is 0 Å². The average molecular weight is 443 g/mol. The van der Waals surface area contributed by atoms with Gasteiger partial charge in [0, 0.05) is 17.5 Å². The number of hydrogen-bond acceptors (Lipinski definition) is 5. The Morgan fingerprint density at radius 3 is 2.46 bits per heavy atom. The second-order valence-corrected chi connectivity index (χ2v) is 8.03. The van der Waals surface area contributed by atoms with E-state index in [-0.39, 0.29) is 12.4 Å². The van der Waals surface area contributed by atoms with E-state index in [9.17, 15) is 0 Å². The van der Waals surface area contributed by atoms with E-state index in [0.717, 1.165) is 51.4 Å². The Bertz CT molecular complexity index is 746. The molecule has 0 amide bonds. The Morgan fingerprint density at radius 2 is 1.86 bits per heavy atom. The molecule has 0 bridgehead atoms. The van der Waals surface area contributed by atoms with Gasteiger partial charge >= 0.3 is 0 Å². The summed E-state index contributed by atoms with van der Waals surface area (Å²) in [4.78, 5) is 5.37. The van der Waals surface area contributed by atoms with E-state index in [4.69, 9.17) is 21.7 Å². The van der Waals surface area contributed by atoms with Gasteiger partial charge in [0.05, 0.1) is 12.0 Å². The number of thiocarbonyl (C=S) groups is 1. The van der Waals surface area contributed by atoms with Crippen molar-refractivity contribution in [1.82, 2.24) is 10.2 Å². The lowest BCUT2D eigenvalue weighted by atomic mass is 10.1. The largest absolute Gasteiger partial charge is 0.493 e. The van der Waals surface area contributed by atoms with Crippen LogP contribution in [-0.4, -0.2) is 49.3 Å². The van der Waals surface area contributed by atoms with E-state index in [1.165, 1.54) is 0 Å². The highest BCUT2D eigenvalue weighted by atomic mass is 35.5. The van der Waals surface area contributed by atoms with E-state index in [1.54, 1.807) is 18.4 Å². The molecule has 1 N–H and O–H groups in total. The molecule has 0 aliphatic heterocycles. The maximum Gasteiger partial charge on any atom is 0.161 e. The molecule has 156 valence electrons. The summed E-state index contributed by atoms with van der Waals surface area (Å²) in [6.07, 6.45) is 0. The van der Waals surface area contributed by atoms with Crippen LogP contribution in [0.1, 0.15) is 32.6 Å². The molecule has 0 saturated heterocycles. The van der Waals surface area contributed by atoms with Crippen LogP contribution < -0.4 is 14.8 Å². The molecule has 4 nitrogen and oxygen atoms in total. The standard InChI is InChI=1S/C21H30N2O2S2.ClH/c1-6-23(7-2)12-13-25-17-9-8-16(14-18(17)24-5)19-10-11-20(27-19)21(26)22-15(3)4;/h8-11,14-15H,6-7,12-13H2,1-5H3,(H,22,26);1H. The summed E-state index contributed by atoms with van der Waals surface area (Å²) in [7, 11) is 1.68. The van der Waals surface area contributed by atoms with Gasteiger partial charge in [-0.1, -0.05) is 26.1 Å². The molecule has 2 aromatic rings. The summed E-state index contributed by atoms with van der Waals surface area (Å²) < 4.78 is 11.5. The zero-order chi connectivity index (χ0) is 19.8. The van der Waals surface area contributed by atoms with E-state index >= 15 is 0 Å². The highest BCUT2D eigenvalue weighted by Crippen LogP contribution is 2.35. The van der Waals surface area contributed by atoms with Crippen LogP contribution in [-0.2, 0) is 0 Å². The number of halogens is 1. The Hall–Kier alpha value is -1.34. The molecule has 0 radical (unpaired) electrons. The van der Waals surface area contributed by atoms with Gasteiger partial charge in [-0.15, -0.1) is 23.7 Å². The predicted octanol–water partition coefficient (Wildman–Crippen LogP) is 5.24. The second-order valence-electron chi connectivity index (χ2n) is 6.53. The summed E-state index contributed by atoms with van der Waals surface area (Å²) in [5.41, 5.74) is 1.10. The minimum absolute atomic E-state index is 0. The van der Waals surface area contributed by atoms with E-state index in [0.29, 0.717) is 12.6 Å². The average Bonchev–Trinajstić information content (AvgIpc) is 3.15. The number of thiophene rings is 1. The number of rotatable bonds is 10. The van der Waals surface area contributed by atoms with Gasteiger partial charge in [-0.3, -0.25) is 0 Å². The van der Waals surface area contributed by atoms with Crippen LogP contribution in [0.5, 0.6) is 11.5 Å². The Kier molecular flexibility index (Phi) is 10.8. The number of likely N-dealkylation sites (N-methyl/N-ethyl adjacent to an activating group) is 1. The quantitative estimate of drug-likeness (QED) is 0.509. The molecule has 7 heteroatoms. The lowest BCUT2D eigenvalue weighted by molar-refractivity contribution is 0.217. The van der Waals surface area contributed by atoms with Crippen molar-refractivity contribution in [2.45, 2.75) is 33.7 Å². The highest BCUT2D eigenvalue weighted by molar-refractivity contribution is 7.81. The van der Waals surface area contributed by atoms with Gasteiger partial charge in [0.2, 0.25) is 0 Å². The fourth-order valence-corrected chi connectivity index (χ4v) is 4.05. The molecule has 1 aromatic carbocycles. The smallest absolute Gasteiger partial charge is 0.161 e. The molecular weight excluding hydrogens is 412 g/mol. The van der Waals surface area contributed by atoms with Crippen molar-refractivity contribution in [2.75, 3.05) is 33.4 Å². The van der Waals surface area contributed by atoms with Crippen LogP contribution in [0.4, 0.5) is 0 Å². The van der Waals surface area contributed by atoms with Crippen molar-refractivity contribution in [3.8, 4) is 21.9 Å². The minimum Gasteiger partial charge on any atom is -0.493 e. The fourth-order valence-electron chi connectivity index (χ4n) is 2.71. The number of ether oxygens (including phenoxy) is 2. The summed E-state index contributed by atoms with van der Waals surface area (Å²) >= 11 is 7.15. The number of benzene rings is 1. The summed E-state index contributed by atoms with van der Waals surface area (Å²) in [5.74, 6) is 1.53. The van der Waals surface area contributed by atoms with Crippen LogP contribution in [0.2, 0.25) is 0 Å². The topological polar surface area (TPSA) is 33.7 Å². The Balaban J connectivity index is 0.00000392. The number of nitrogens with one attached hydrogen (secondary N) is 1. The predicted molar refractivity (Wildman–Crippen MR) is 127 cm³/mol. The number of methoxy groups -OCH3 is 1. The zero-order valence-electron chi connectivity index (χ0n) is 17.3. The van der Waals surface area contributed by atoms with Crippen LogP contribution in [0, 0.1) is 0 Å². The molecule has 2 rings (SSSR count). The second kappa shape index (κ2) is 12.3. The normalized spacial score (nSPS) is 10.7. The van der Waals surface area contributed by atoms with Gasteiger partial charge in [0.15, 0.2) is 11.5 Å². The molecule has 0 aliphatic rings. The first-order chi connectivity index (χ1) is 13.0. The highest BCUT2D eigenvalue weighted by Gasteiger charge is 2.12. The molecule has 0 fully saturated rings. The zero-order valence-corrected chi connectivity index (χ0v) is 19.7. The summed E-state index contributed by atoms with van der Waals surface area (Å²) in [5, 5.41) is 3.29. The Labute approximate surface area is 184 Å². The SMILES string of the molecule is CCN(CC)CCOc1ccc(-c2ccc(C(=S)NC(C)C)s2)cc1OC.Cl. The maximum atomic E-state index is 5.95. The molecule has 28 heavy (non-hydrogen) atoms. The monoisotopic (exact) mass is 442 g/mol. The molecule has 0 saturated carbocycles. The van der Waals surface area contributed by atoms with Crippen molar-refractivity contribution < 1.29 is 9.47 Å². The maximum absolute atomic E-state index is 5.95. The van der Waals surface area contributed by atoms with Crippen molar-refractivity contribution in [3.05, 3.63) is 35.2 Å². The van der Waals surface area contributed by atoms with Gasteiger partial charge in [-0.2, -0.15) is 0 Å². The first-order valence-electron chi connectivity index (χ1n) is 9.42. The van der Waals surface area contributed by atoms with Gasteiger partial charge in [-0.05, 0) is 62.8 Å². The summed E-state index contributed by atoms with van der Waals surface area (Å²) in [6, 6.07) is 10.6. The molecular formula is C21H31ClN2O2S2. The minimum atomic E-state index is 0. The van der Waals surface area contributed by atoms with Crippen molar-refractivity contribution >= 4 is 41.0 Å². The van der Waals surface area contributed by atoms with Crippen LogP contribution in [0.15, 0.2) is 30.3 Å². The van der Waals surface area contributed by atoms with Gasteiger partial charge < -0.3 is 19.7 Å². The molecule has 0 atom stereocenters. The first-order valence-corrected chi connectivity index (χ1v) is 10.6. The third-order valence-corrected chi connectivity index (χ3v) is 5.88. The van der Waals surface area contributed by atoms with Crippen LogP contribution in [0.3, 0.4) is 0 Å². The van der Waals surface area contributed by atoms with Crippen LogP contribution in [0.25, 0.3) is 10.4 Å². The van der Waals surface area contributed by atoms with Gasteiger partial charge in [0.1, 0.15) is 11.6 Å². The molecule has 1 aromatic heterocycles. The molecule has 0 aliphatic carbocycles. The molecule has 1 heterocycles. The van der Waals surface area contributed by atoms with Gasteiger partial charge in [0.25, 0.3) is 0 Å². The lowest BCUT2D eigenvalue weighted by Gasteiger charge is -2.19. The summed E-state index contributed by atoms with van der Waals surface area (Å²) in [6.45, 7) is 12.1. The Morgan fingerprint density at radius 1 is 1.14 bits per heavy atom.